The Balaban J connectivity index is 1.98. The molecule has 0 atom stereocenters. The quantitative estimate of drug-likeness (QED) is 0.872. The Hall–Kier alpha value is -0.940. The number of imidazole rings is 1. The first kappa shape index (κ1) is 13.1. The Kier molecular flexibility index (Phi) is 3.84. The van der Waals surface area contributed by atoms with Gasteiger partial charge in [0.1, 0.15) is 11.3 Å². The van der Waals surface area contributed by atoms with Crippen LogP contribution in [0, 0.1) is 10.7 Å². The molecule has 102 valence electrons. The van der Waals surface area contributed by atoms with Crippen molar-refractivity contribution in [2.45, 2.75) is 19.4 Å². The van der Waals surface area contributed by atoms with E-state index in [2.05, 4.69) is 27.4 Å². The molecule has 1 N–H and O–H groups in total. The number of H-pyrrole nitrogens is 1. The number of hydrogen-bond donors (Lipinski definition) is 1. The number of aromatic nitrogens is 2. The zero-order valence-corrected chi connectivity index (χ0v) is 12.6. The molecule has 0 spiro atoms. The van der Waals surface area contributed by atoms with Crippen molar-refractivity contribution in [2.24, 2.45) is 5.92 Å². The Bertz CT molecular complexity index is 626. The fraction of sp³-hybridized carbons (Fsp3) is 0.500. The minimum atomic E-state index is 0.748. The standard InChI is InChI=1S/C14H18N2OS2/c1-17-12-4-2-3-11-13(12)15-14(18)16(11)9-10-5-7-19-8-6-10/h2-4,10H,5-9H2,1H3,(H,15,18). The Labute approximate surface area is 122 Å². The molecule has 0 unspecified atom stereocenters. The van der Waals surface area contributed by atoms with Gasteiger partial charge >= 0.3 is 0 Å². The molecule has 1 aromatic carbocycles. The molecule has 0 saturated carbocycles. The summed E-state index contributed by atoms with van der Waals surface area (Å²) in [6.45, 7) is 1.02. The second kappa shape index (κ2) is 5.59. The number of hydrogen-bond acceptors (Lipinski definition) is 3. The number of aromatic amines is 1. The number of para-hydroxylation sites is 1. The van der Waals surface area contributed by atoms with Crippen molar-refractivity contribution in [1.82, 2.24) is 9.55 Å². The number of ether oxygens (including phenoxy) is 1. The first-order valence-corrected chi connectivity index (χ1v) is 8.19. The van der Waals surface area contributed by atoms with E-state index in [0.717, 1.165) is 34.0 Å². The summed E-state index contributed by atoms with van der Waals surface area (Å²) < 4.78 is 8.43. The van der Waals surface area contributed by atoms with E-state index < -0.39 is 0 Å². The second-order valence-corrected chi connectivity index (χ2v) is 6.56. The maximum Gasteiger partial charge on any atom is 0.178 e. The summed E-state index contributed by atoms with van der Waals surface area (Å²) in [4.78, 5) is 3.28. The van der Waals surface area contributed by atoms with Crippen molar-refractivity contribution < 1.29 is 4.74 Å². The predicted octanol–water partition coefficient (Wildman–Crippen LogP) is 3.85. The number of rotatable bonds is 3. The van der Waals surface area contributed by atoms with E-state index in [-0.39, 0.29) is 0 Å². The van der Waals surface area contributed by atoms with Crippen LogP contribution in [-0.2, 0) is 6.54 Å². The van der Waals surface area contributed by atoms with Crippen molar-refractivity contribution in [3.05, 3.63) is 23.0 Å². The maximum atomic E-state index is 5.48. The van der Waals surface area contributed by atoms with Gasteiger partial charge in [0.05, 0.1) is 12.6 Å². The highest BCUT2D eigenvalue weighted by Gasteiger charge is 2.17. The van der Waals surface area contributed by atoms with Crippen LogP contribution in [-0.4, -0.2) is 28.2 Å². The molecule has 2 heterocycles. The molecule has 1 saturated heterocycles. The summed E-state index contributed by atoms with van der Waals surface area (Å²) in [6.07, 6.45) is 2.59. The van der Waals surface area contributed by atoms with E-state index in [0.29, 0.717) is 0 Å². The summed E-state index contributed by atoms with van der Waals surface area (Å²) in [7, 11) is 1.70. The molecule has 0 amide bonds. The van der Waals surface area contributed by atoms with Gasteiger partial charge in [0.15, 0.2) is 4.77 Å². The number of nitrogens with zero attached hydrogens (tertiary/aromatic N) is 1. The van der Waals surface area contributed by atoms with Crippen molar-refractivity contribution in [2.75, 3.05) is 18.6 Å². The molecular formula is C14H18N2OS2. The molecule has 1 aliphatic rings. The van der Waals surface area contributed by atoms with Crippen LogP contribution in [0.15, 0.2) is 18.2 Å². The third-order valence-electron chi connectivity index (χ3n) is 3.77. The van der Waals surface area contributed by atoms with Gasteiger partial charge in [-0.2, -0.15) is 11.8 Å². The molecule has 5 heteroatoms. The molecule has 0 bridgehead atoms. The molecule has 0 aliphatic carbocycles. The van der Waals surface area contributed by atoms with Crippen molar-refractivity contribution in [3.63, 3.8) is 0 Å². The normalized spacial score (nSPS) is 16.9. The smallest absolute Gasteiger partial charge is 0.178 e. The summed E-state index contributed by atoms with van der Waals surface area (Å²) in [5, 5.41) is 0. The van der Waals surface area contributed by atoms with E-state index in [9.17, 15) is 0 Å². The second-order valence-electron chi connectivity index (χ2n) is 4.95. The lowest BCUT2D eigenvalue weighted by Crippen LogP contribution is -2.16. The van der Waals surface area contributed by atoms with Crippen LogP contribution in [0.25, 0.3) is 11.0 Å². The molecule has 1 aromatic heterocycles. The van der Waals surface area contributed by atoms with Gasteiger partial charge in [0, 0.05) is 6.54 Å². The topological polar surface area (TPSA) is 29.9 Å². The van der Waals surface area contributed by atoms with Crippen LogP contribution < -0.4 is 4.74 Å². The SMILES string of the molecule is COc1cccc2c1[nH]c(=S)n2CC1CCSCC1. The van der Waals surface area contributed by atoms with Crippen LogP contribution in [0.4, 0.5) is 0 Å². The highest BCUT2D eigenvalue weighted by atomic mass is 32.2. The molecule has 3 rings (SSSR count). The van der Waals surface area contributed by atoms with Crippen LogP contribution >= 0.6 is 24.0 Å². The molecule has 19 heavy (non-hydrogen) atoms. The number of benzene rings is 1. The highest BCUT2D eigenvalue weighted by Crippen LogP contribution is 2.28. The van der Waals surface area contributed by atoms with Gasteiger partial charge in [-0.3, -0.25) is 0 Å². The fourth-order valence-corrected chi connectivity index (χ4v) is 4.17. The highest BCUT2D eigenvalue weighted by molar-refractivity contribution is 7.99. The number of fused-ring (bicyclic) bond motifs is 1. The lowest BCUT2D eigenvalue weighted by Gasteiger charge is -2.21. The van der Waals surface area contributed by atoms with Crippen LogP contribution in [0.1, 0.15) is 12.8 Å². The zero-order chi connectivity index (χ0) is 13.2. The van der Waals surface area contributed by atoms with Gasteiger partial charge in [-0.1, -0.05) is 6.07 Å². The van der Waals surface area contributed by atoms with Crippen LogP contribution in [0.5, 0.6) is 5.75 Å². The van der Waals surface area contributed by atoms with Gasteiger partial charge in [0.2, 0.25) is 0 Å². The van der Waals surface area contributed by atoms with Crippen LogP contribution in [0.2, 0.25) is 0 Å². The molecular weight excluding hydrogens is 276 g/mol. The summed E-state index contributed by atoms with van der Waals surface area (Å²) in [6, 6.07) is 6.11. The van der Waals surface area contributed by atoms with Gasteiger partial charge in [0.25, 0.3) is 0 Å². The van der Waals surface area contributed by atoms with E-state index in [1.165, 1.54) is 24.3 Å². The first-order valence-electron chi connectivity index (χ1n) is 6.63. The number of thioether (sulfide) groups is 1. The first-order chi connectivity index (χ1) is 9.29. The Morgan fingerprint density at radius 1 is 1.42 bits per heavy atom. The fourth-order valence-electron chi connectivity index (χ4n) is 2.69. The minimum absolute atomic E-state index is 0.748. The molecule has 1 aliphatic heterocycles. The van der Waals surface area contributed by atoms with Gasteiger partial charge < -0.3 is 14.3 Å². The lowest BCUT2D eigenvalue weighted by molar-refractivity contribution is 0.418. The van der Waals surface area contributed by atoms with Gasteiger partial charge in [-0.15, -0.1) is 0 Å². The van der Waals surface area contributed by atoms with Crippen molar-refractivity contribution in [1.29, 1.82) is 0 Å². The number of methoxy groups -OCH3 is 1. The minimum Gasteiger partial charge on any atom is -0.494 e. The monoisotopic (exact) mass is 294 g/mol. The Morgan fingerprint density at radius 2 is 2.21 bits per heavy atom. The zero-order valence-electron chi connectivity index (χ0n) is 11.0. The van der Waals surface area contributed by atoms with Gasteiger partial charge in [-0.05, 0) is 54.6 Å². The van der Waals surface area contributed by atoms with Gasteiger partial charge in [-0.25, -0.2) is 0 Å². The summed E-state index contributed by atoms with van der Waals surface area (Å²) in [5.74, 6) is 4.17. The largest absolute Gasteiger partial charge is 0.494 e. The van der Waals surface area contributed by atoms with Crippen LogP contribution in [0.3, 0.4) is 0 Å². The molecule has 2 aromatic rings. The molecule has 1 fully saturated rings. The lowest BCUT2D eigenvalue weighted by atomic mass is 10.0. The van der Waals surface area contributed by atoms with E-state index in [4.69, 9.17) is 17.0 Å². The molecule has 3 nitrogen and oxygen atoms in total. The van der Waals surface area contributed by atoms with E-state index in [1.54, 1.807) is 7.11 Å². The maximum absolute atomic E-state index is 5.48. The molecule has 0 radical (unpaired) electrons. The third-order valence-corrected chi connectivity index (χ3v) is 5.14. The van der Waals surface area contributed by atoms with Crippen molar-refractivity contribution >= 4 is 35.0 Å². The predicted molar refractivity (Wildman–Crippen MR) is 83.7 cm³/mol. The van der Waals surface area contributed by atoms with E-state index in [1.807, 2.05) is 12.1 Å². The number of nitrogens with one attached hydrogen (secondary N) is 1. The third kappa shape index (κ3) is 2.54. The average molecular weight is 294 g/mol. The van der Waals surface area contributed by atoms with Crippen molar-refractivity contribution in [3.8, 4) is 5.75 Å². The summed E-state index contributed by atoms with van der Waals surface area (Å²) >= 11 is 7.54. The Morgan fingerprint density at radius 3 is 2.95 bits per heavy atom. The summed E-state index contributed by atoms with van der Waals surface area (Å²) in [5.41, 5.74) is 2.17. The van der Waals surface area contributed by atoms with E-state index >= 15 is 0 Å². The average Bonchev–Trinajstić information content (AvgIpc) is 2.76.